The molecule has 7 nitrogen and oxygen atoms in total. The molecule has 0 spiro atoms. The molecule has 0 fully saturated rings. The highest BCUT2D eigenvalue weighted by atomic mass is 79.9. The molecular weight excluding hydrogens is 534 g/mol. The van der Waals surface area contributed by atoms with E-state index in [0.717, 1.165) is 10.8 Å². The molecule has 0 aliphatic heterocycles. The van der Waals surface area contributed by atoms with Crippen LogP contribution in [0.1, 0.15) is 15.9 Å². The van der Waals surface area contributed by atoms with Crippen molar-refractivity contribution in [3.63, 3.8) is 0 Å². The van der Waals surface area contributed by atoms with E-state index >= 15 is 0 Å². The maximum absolute atomic E-state index is 12.5. The quantitative estimate of drug-likeness (QED) is 0.112. The van der Waals surface area contributed by atoms with Gasteiger partial charge in [-0.3, -0.25) is 9.59 Å². The second-order valence-electron chi connectivity index (χ2n) is 7.23. The van der Waals surface area contributed by atoms with Gasteiger partial charge >= 0.3 is 17.8 Å². The molecule has 35 heavy (non-hydrogen) atoms. The van der Waals surface area contributed by atoms with Crippen molar-refractivity contribution in [3.8, 4) is 5.75 Å². The Morgan fingerprint density at radius 3 is 2.46 bits per heavy atom. The zero-order valence-corrected chi connectivity index (χ0v) is 20.3. The summed E-state index contributed by atoms with van der Waals surface area (Å²) in [4.78, 5) is 37.2. The standard InChI is InChI=1S/C26H17BrClN3O4/c27-18-12-13-23(35-26(34)20-9-3-4-10-21(20)28)17(14-18)15-29-31-25(33)24(32)30-22-11-5-7-16-6-1-2-8-19(16)22/h1-15H,(H,30,32)(H,31,33)/b29-15+. The zero-order chi connectivity index (χ0) is 24.8. The molecule has 0 saturated carbocycles. The summed E-state index contributed by atoms with van der Waals surface area (Å²) in [5.41, 5.74) is 3.28. The first-order chi connectivity index (χ1) is 16.9. The van der Waals surface area contributed by atoms with Gasteiger partial charge in [0.25, 0.3) is 0 Å². The third kappa shape index (κ3) is 5.92. The summed E-state index contributed by atoms with van der Waals surface area (Å²) in [5.74, 6) is -2.29. The van der Waals surface area contributed by atoms with Crippen LogP contribution < -0.4 is 15.5 Å². The van der Waals surface area contributed by atoms with Crippen molar-refractivity contribution in [2.75, 3.05) is 5.32 Å². The Bertz CT molecular complexity index is 1470. The van der Waals surface area contributed by atoms with Crippen LogP contribution in [0.3, 0.4) is 0 Å². The number of nitrogens with zero attached hydrogens (tertiary/aromatic N) is 1. The van der Waals surface area contributed by atoms with E-state index in [-0.39, 0.29) is 16.3 Å². The van der Waals surface area contributed by atoms with E-state index in [4.69, 9.17) is 16.3 Å². The van der Waals surface area contributed by atoms with Gasteiger partial charge in [-0.1, -0.05) is 76.1 Å². The minimum atomic E-state index is -0.959. The van der Waals surface area contributed by atoms with Gasteiger partial charge < -0.3 is 10.1 Å². The number of halogens is 2. The van der Waals surface area contributed by atoms with E-state index in [0.29, 0.717) is 15.7 Å². The number of esters is 1. The molecule has 4 aromatic carbocycles. The lowest BCUT2D eigenvalue weighted by atomic mass is 10.1. The van der Waals surface area contributed by atoms with Crippen molar-refractivity contribution in [2.24, 2.45) is 5.10 Å². The highest BCUT2D eigenvalue weighted by molar-refractivity contribution is 9.10. The SMILES string of the molecule is O=C(N/N=C/c1cc(Br)ccc1OC(=O)c1ccccc1Cl)C(=O)Nc1cccc2ccccc12. The van der Waals surface area contributed by atoms with Gasteiger partial charge in [-0.25, -0.2) is 10.2 Å². The molecule has 9 heteroatoms. The van der Waals surface area contributed by atoms with E-state index < -0.39 is 17.8 Å². The van der Waals surface area contributed by atoms with Crippen molar-refractivity contribution >= 4 is 68.0 Å². The number of hydrogen-bond acceptors (Lipinski definition) is 5. The molecule has 174 valence electrons. The molecular formula is C26H17BrClN3O4. The van der Waals surface area contributed by atoms with Crippen LogP contribution in [-0.4, -0.2) is 24.0 Å². The molecule has 0 aliphatic rings. The summed E-state index contributed by atoms with van der Waals surface area (Å²) in [6, 6.07) is 24.3. The van der Waals surface area contributed by atoms with E-state index in [1.165, 1.54) is 6.21 Å². The number of nitrogens with one attached hydrogen (secondary N) is 2. The second kappa shape index (κ2) is 10.9. The third-order valence-corrected chi connectivity index (χ3v) is 5.70. The number of benzene rings is 4. The molecule has 0 heterocycles. The summed E-state index contributed by atoms with van der Waals surface area (Å²) in [6.45, 7) is 0. The number of hydrazone groups is 1. The molecule has 2 N–H and O–H groups in total. The van der Waals surface area contributed by atoms with Gasteiger partial charge in [0.1, 0.15) is 5.75 Å². The number of hydrogen-bond donors (Lipinski definition) is 2. The molecule has 4 aromatic rings. The fourth-order valence-corrected chi connectivity index (χ4v) is 3.81. The summed E-state index contributed by atoms with van der Waals surface area (Å²) in [5, 5.41) is 8.42. The minimum Gasteiger partial charge on any atom is -0.422 e. The Hall–Kier alpha value is -4.01. The maximum Gasteiger partial charge on any atom is 0.345 e. The van der Waals surface area contributed by atoms with E-state index in [1.54, 1.807) is 54.6 Å². The van der Waals surface area contributed by atoms with E-state index in [9.17, 15) is 14.4 Å². The van der Waals surface area contributed by atoms with Crippen LogP contribution in [0, 0.1) is 0 Å². The molecule has 0 radical (unpaired) electrons. The average molecular weight is 551 g/mol. The monoisotopic (exact) mass is 549 g/mol. The van der Waals surface area contributed by atoms with Gasteiger partial charge in [-0.15, -0.1) is 0 Å². The first-order valence-electron chi connectivity index (χ1n) is 10.3. The zero-order valence-electron chi connectivity index (χ0n) is 18.0. The average Bonchev–Trinajstić information content (AvgIpc) is 2.86. The van der Waals surface area contributed by atoms with E-state index in [2.05, 4.69) is 31.8 Å². The van der Waals surface area contributed by atoms with Crippen LogP contribution in [0.4, 0.5) is 5.69 Å². The van der Waals surface area contributed by atoms with Gasteiger partial charge in [-0.2, -0.15) is 5.10 Å². The smallest absolute Gasteiger partial charge is 0.345 e. The lowest BCUT2D eigenvalue weighted by Crippen LogP contribution is -2.32. The van der Waals surface area contributed by atoms with Gasteiger partial charge in [-0.05, 0) is 41.8 Å². The second-order valence-corrected chi connectivity index (χ2v) is 8.55. The highest BCUT2D eigenvalue weighted by Crippen LogP contribution is 2.25. The number of carbonyl (C=O) groups excluding carboxylic acids is 3. The Morgan fingerprint density at radius 2 is 1.63 bits per heavy atom. The first kappa shape index (κ1) is 24.1. The lowest BCUT2D eigenvalue weighted by molar-refractivity contribution is -0.136. The number of rotatable bonds is 5. The fourth-order valence-electron chi connectivity index (χ4n) is 3.22. The van der Waals surface area contributed by atoms with Crippen LogP contribution in [0.5, 0.6) is 5.75 Å². The molecule has 0 unspecified atom stereocenters. The third-order valence-electron chi connectivity index (χ3n) is 4.88. The molecule has 2 amide bonds. The van der Waals surface area contributed by atoms with Crippen molar-refractivity contribution in [3.05, 3.63) is 106 Å². The summed E-state index contributed by atoms with van der Waals surface area (Å²) in [6.07, 6.45) is 1.27. The topological polar surface area (TPSA) is 96.9 Å². The predicted molar refractivity (Wildman–Crippen MR) is 139 cm³/mol. The van der Waals surface area contributed by atoms with Gasteiger partial charge in [0.2, 0.25) is 0 Å². The maximum atomic E-state index is 12.5. The number of carbonyl (C=O) groups is 3. The Labute approximate surface area is 213 Å². The largest absolute Gasteiger partial charge is 0.422 e. The van der Waals surface area contributed by atoms with Crippen LogP contribution in [0.2, 0.25) is 5.02 Å². The van der Waals surface area contributed by atoms with Crippen LogP contribution in [-0.2, 0) is 9.59 Å². The van der Waals surface area contributed by atoms with Crippen molar-refractivity contribution in [1.29, 1.82) is 0 Å². The highest BCUT2D eigenvalue weighted by Gasteiger charge is 2.16. The Morgan fingerprint density at radius 1 is 0.886 bits per heavy atom. The molecule has 0 saturated heterocycles. The van der Waals surface area contributed by atoms with Crippen molar-refractivity contribution in [1.82, 2.24) is 5.43 Å². The van der Waals surface area contributed by atoms with Gasteiger partial charge in [0.05, 0.1) is 16.8 Å². The number of amides is 2. The predicted octanol–water partition coefficient (Wildman–Crippen LogP) is 5.56. The van der Waals surface area contributed by atoms with Crippen LogP contribution >= 0.6 is 27.5 Å². The lowest BCUT2D eigenvalue weighted by Gasteiger charge is -2.09. The molecule has 0 bridgehead atoms. The number of ether oxygens (including phenoxy) is 1. The minimum absolute atomic E-state index is 0.191. The number of anilines is 1. The molecule has 0 aromatic heterocycles. The first-order valence-corrected chi connectivity index (χ1v) is 11.5. The summed E-state index contributed by atoms with van der Waals surface area (Å²) < 4.78 is 6.16. The Balaban J connectivity index is 1.44. The van der Waals surface area contributed by atoms with Crippen molar-refractivity contribution in [2.45, 2.75) is 0 Å². The summed E-state index contributed by atoms with van der Waals surface area (Å²) >= 11 is 9.41. The number of fused-ring (bicyclic) bond motifs is 1. The van der Waals surface area contributed by atoms with Gasteiger partial charge in [0.15, 0.2) is 0 Å². The van der Waals surface area contributed by atoms with E-state index in [1.807, 2.05) is 30.3 Å². The normalized spacial score (nSPS) is 10.8. The van der Waals surface area contributed by atoms with Crippen molar-refractivity contribution < 1.29 is 19.1 Å². The summed E-state index contributed by atoms with van der Waals surface area (Å²) in [7, 11) is 0. The fraction of sp³-hybridized carbons (Fsp3) is 0. The van der Waals surface area contributed by atoms with Gasteiger partial charge in [0, 0.05) is 21.1 Å². The van der Waals surface area contributed by atoms with Crippen LogP contribution in [0.15, 0.2) is 94.5 Å². The Kier molecular flexibility index (Phi) is 7.54. The molecule has 4 rings (SSSR count). The molecule has 0 atom stereocenters. The molecule has 0 aliphatic carbocycles. The van der Waals surface area contributed by atoms with Crippen LogP contribution in [0.25, 0.3) is 10.8 Å².